The minimum absolute atomic E-state index is 0.891. The molecule has 0 aliphatic heterocycles. The Balaban J connectivity index is 0. The Kier molecular flexibility index (Phi) is 12.5. The quantitative estimate of drug-likeness (QED) is 0.509. The highest BCUT2D eigenvalue weighted by atomic mass is 16.4. The van der Waals surface area contributed by atoms with E-state index in [1.165, 1.54) is 6.08 Å². The molecule has 9 heavy (non-hydrogen) atoms. The highest BCUT2D eigenvalue weighted by molar-refractivity contribution is 5.79. The van der Waals surface area contributed by atoms with Gasteiger partial charge in [0.05, 0.1) is 0 Å². The van der Waals surface area contributed by atoms with Crippen molar-refractivity contribution in [3.63, 3.8) is 0 Å². The summed E-state index contributed by atoms with van der Waals surface area (Å²) in [7, 11) is 3.75. The van der Waals surface area contributed by atoms with Crippen molar-refractivity contribution in [2.45, 2.75) is 6.92 Å². The first-order valence-corrected chi connectivity index (χ1v) is 2.63. The highest BCUT2D eigenvalue weighted by Crippen LogP contribution is 1.65. The summed E-state index contributed by atoms with van der Waals surface area (Å²) >= 11 is 0. The molecule has 0 heterocycles. The zero-order valence-electron chi connectivity index (χ0n) is 6.01. The lowest BCUT2D eigenvalue weighted by Crippen LogP contribution is -1.89. The lowest BCUT2D eigenvalue weighted by Gasteiger charge is -1.68. The van der Waals surface area contributed by atoms with Crippen molar-refractivity contribution in [1.82, 2.24) is 5.32 Å². The number of carboxylic acid groups (broad SMARTS) is 1. The molecule has 0 amide bonds. The molecule has 0 aromatic rings. The van der Waals surface area contributed by atoms with Crippen LogP contribution in [0.15, 0.2) is 12.2 Å². The van der Waals surface area contributed by atoms with Gasteiger partial charge in [-0.2, -0.15) is 0 Å². The zero-order valence-corrected chi connectivity index (χ0v) is 6.01. The second kappa shape index (κ2) is 10.2. The molecule has 0 saturated heterocycles. The second-order valence-corrected chi connectivity index (χ2v) is 1.34. The second-order valence-electron chi connectivity index (χ2n) is 1.34. The van der Waals surface area contributed by atoms with Gasteiger partial charge in [-0.25, -0.2) is 4.79 Å². The largest absolute Gasteiger partial charge is 0.478 e. The summed E-state index contributed by atoms with van der Waals surface area (Å²) in [6.45, 7) is 1.66. The van der Waals surface area contributed by atoms with Gasteiger partial charge >= 0.3 is 5.97 Å². The van der Waals surface area contributed by atoms with Gasteiger partial charge in [-0.05, 0) is 21.0 Å². The van der Waals surface area contributed by atoms with Crippen molar-refractivity contribution in [2.24, 2.45) is 0 Å². The summed E-state index contributed by atoms with van der Waals surface area (Å²) in [6, 6.07) is 0. The number of rotatable bonds is 1. The van der Waals surface area contributed by atoms with Crippen molar-refractivity contribution < 1.29 is 9.90 Å². The van der Waals surface area contributed by atoms with Crippen LogP contribution >= 0.6 is 0 Å². The van der Waals surface area contributed by atoms with Crippen LogP contribution in [0.2, 0.25) is 0 Å². The van der Waals surface area contributed by atoms with Crippen LogP contribution in [0.25, 0.3) is 0 Å². The maximum Gasteiger partial charge on any atom is 0.327 e. The minimum atomic E-state index is -0.891. The van der Waals surface area contributed by atoms with E-state index in [-0.39, 0.29) is 0 Å². The van der Waals surface area contributed by atoms with Crippen LogP contribution in [0.3, 0.4) is 0 Å². The van der Waals surface area contributed by atoms with Crippen LogP contribution in [0.4, 0.5) is 0 Å². The predicted octanol–water partition coefficient (Wildman–Crippen LogP) is 0.483. The Morgan fingerprint density at radius 3 is 1.89 bits per heavy atom. The fourth-order valence-corrected chi connectivity index (χ4v) is 0.143. The Morgan fingerprint density at radius 1 is 1.56 bits per heavy atom. The highest BCUT2D eigenvalue weighted by Gasteiger charge is 1.76. The summed E-state index contributed by atoms with van der Waals surface area (Å²) in [5, 5.41) is 10.6. The van der Waals surface area contributed by atoms with Crippen molar-refractivity contribution in [2.75, 3.05) is 14.1 Å². The van der Waals surface area contributed by atoms with Crippen molar-refractivity contribution >= 4 is 5.97 Å². The number of aliphatic carboxylic acids is 1. The molecule has 0 spiro atoms. The third kappa shape index (κ3) is 40.7. The smallest absolute Gasteiger partial charge is 0.327 e. The molecule has 0 aromatic heterocycles. The van der Waals surface area contributed by atoms with Crippen molar-refractivity contribution in [1.29, 1.82) is 0 Å². The fraction of sp³-hybridized carbons (Fsp3) is 0.500. The number of hydrogen-bond acceptors (Lipinski definition) is 2. The molecular weight excluding hydrogens is 118 g/mol. The SMILES string of the molecule is C/C=C/C(=O)O.CNC. The van der Waals surface area contributed by atoms with E-state index in [9.17, 15) is 4.79 Å². The molecule has 3 nitrogen and oxygen atoms in total. The normalized spacial score (nSPS) is 8.33. The maximum absolute atomic E-state index is 9.51. The molecule has 2 N–H and O–H groups in total. The summed E-state index contributed by atoms with van der Waals surface area (Å²) in [6.07, 6.45) is 2.56. The average Bonchev–Trinajstić information content (AvgIpc) is 1.67. The van der Waals surface area contributed by atoms with Crippen LogP contribution in [-0.2, 0) is 4.79 Å². The topological polar surface area (TPSA) is 49.3 Å². The number of hydrogen-bond donors (Lipinski definition) is 2. The monoisotopic (exact) mass is 131 g/mol. The molecule has 0 unspecified atom stereocenters. The lowest BCUT2D eigenvalue weighted by molar-refractivity contribution is -0.131. The van der Waals surface area contributed by atoms with Crippen LogP contribution < -0.4 is 5.32 Å². The van der Waals surface area contributed by atoms with E-state index in [1.54, 1.807) is 6.92 Å². The van der Waals surface area contributed by atoms with Gasteiger partial charge in [-0.15, -0.1) is 0 Å². The zero-order chi connectivity index (χ0) is 7.70. The molecule has 0 bridgehead atoms. The van der Waals surface area contributed by atoms with Gasteiger partial charge < -0.3 is 10.4 Å². The summed E-state index contributed by atoms with van der Waals surface area (Å²) < 4.78 is 0. The summed E-state index contributed by atoms with van der Waals surface area (Å²) in [4.78, 5) is 9.51. The molecule has 0 fully saturated rings. The summed E-state index contributed by atoms with van der Waals surface area (Å²) in [5.41, 5.74) is 0. The third-order valence-corrected chi connectivity index (χ3v) is 0.309. The Hall–Kier alpha value is -0.830. The summed E-state index contributed by atoms with van der Waals surface area (Å²) in [5.74, 6) is -0.891. The van der Waals surface area contributed by atoms with Crippen LogP contribution in [0.5, 0.6) is 0 Å². The Bertz CT molecular complexity index is 89.1. The molecule has 0 atom stereocenters. The van der Waals surface area contributed by atoms with Crippen LogP contribution in [0, 0.1) is 0 Å². The first-order chi connectivity index (χ1) is 4.18. The van der Waals surface area contributed by atoms with E-state index >= 15 is 0 Å². The van der Waals surface area contributed by atoms with Gasteiger partial charge in [0, 0.05) is 6.08 Å². The minimum Gasteiger partial charge on any atom is -0.478 e. The molecule has 0 aliphatic carbocycles. The van der Waals surface area contributed by atoms with E-state index in [2.05, 4.69) is 5.32 Å². The van der Waals surface area contributed by atoms with Gasteiger partial charge in [-0.1, -0.05) is 6.08 Å². The Morgan fingerprint density at radius 2 is 1.89 bits per heavy atom. The molecule has 0 aromatic carbocycles. The van der Waals surface area contributed by atoms with Gasteiger partial charge in [0.15, 0.2) is 0 Å². The van der Waals surface area contributed by atoms with Crippen LogP contribution in [0.1, 0.15) is 6.92 Å². The maximum atomic E-state index is 9.51. The molecule has 3 heteroatoms. The average molecular weight is 131 g/mol. The third-order valence-electron chi connectivity index (χ3n) is 0.309. The molecule has 54 valence electrons. The van der Waals surface area contributed by atoms with Crippen molar-refractivity contribution in [3.8, 4) is 0 Å². The van der Waals surface area contributed by atoms with E-state index in [0.29, 0.717) is 0 Å². The molecule has 0 aliphatic rings. The fourth-order valence-electron chi connectivity index (χ4n) is 0.143. The molecule has 0 saturated carbocycles. The van der Waals surface area contributed by atoms with Crippen LogP contribution in [-0.4, -0.2) is 25.2 Å². The van der Waals surface area contributed by atoms with E-state index in [1.807, 2.05) is 14.1 Å². The van der Waals surface area contributed by atoms with Gasteiger partial charge in [0.1, 0.15) is 0 Å². The predicted molar refractivity (Wildman–Crippen MR) is 37.4 cm³/mol. The molecular formula is C6H13NO2. The van der Waals surface area contributed by atoms with Crippen molar-refractivity contribution in [3.05, 3.63) is 12.2 Å². The first kappa shape index (κ1) is 11.0. The standard InChI is InChI=1S/C4H6O2.C2H7N/c1-2-3-4(5)6;1-3-2/h2-3H,1H3,(H,5,6);3H,1-2H3/b3-2+;. The van der Waals surface area contributed by atoms with E-state index in [4.69, 9.17) is 5.11 Å². The van der Waals surface area contributed by atoms with Gasteiger partial charge in [0.25, 0.3) is 0 Å². The number of carbonyl (C=O) groups is 1. The molecule has 0 radical (unpaired) electrons. The van der Waals surface area contributed by atoms with E-state index in [0.717, 1.165) is 6.08 Å². The van der Waals surface area contributed by atoms with E-state index < -0.39 is 5.97 Å². The van der Waals surface area contributed by atoms with Gasteiger partial charge in [0.2, 0.25) is 0 Å². The first-order valence-electron chi connectivity index (χ1n) is 2.63. The number of nitrogens with one attached hydrogen (secondary N) is 1. The lowest BCUT2D eigenvalue weighted by atomic mass is 10.5. The number of allylic oxidation sites excluding steroid dienone is 1. The molecule has 0 rings (SSSR count). The number of carboxylic acids is 1. The van der Waals surface area contributed by atoms with Gasteiger partial charge in [-0.3, -0.25) is 0 Å². The Labute approximate surface area is 55.4 Å².